The number of amides is 1. The van der Waals surface area contributed by atoms with Crippen molar-refractivity contribution < 1.29 is 4.79 Å². The molecule has 5 heteroatoms. The Morgan fingerprint density at radius 3 is 2.79 bits per heavy atom. The van der Waals surface area contributed by atoms with Gasteiger partial charge in [0.25, 0.3) is 0 Å². The second kappa shape index (κ2) is 5.30. The Morgan fingerprint density at radius 2 is 2.21 bits per heavy atom. The maximum Gasteiger partial charge on any atom is 0.219 e. The van der Waals surface area contributed by atoms with E-state index in [4.69, 9.17) is 11.1 Å². The van der Waals surface area contributed by atoms with Crippen LogP contribution < -0.4 is 10.6 Å². The highest BCUT2D eigenvalue weighted by atomic mass is 16.2. The van der Waals surface area contributed by atoms with E-state index in [1.54, 1.807) is 13.0 Å². The molecule has 1 amide bonds. The molecule has 1 aliphatic heterocycles. The van der Waals surface area contributed by atoms with Gasteiger partial charge in [-0.25, -0.2) is 0 Å². The van der Waals surface area contributed by atoms with Gasteiger partial charge in [0, 0.05) is 55.8 Å². The van der Waals surface area contributed by atoms with E-state index in [-0.39, 0.29) is 11.9 Å². The standard InChI is InChI=1S/C14H20N4O/c1-10-9-17(6-7-18(10)11(2)19)14-5-3-4-13(16)12(14)8-15/h3-5,8,10,15H,6-7,9,16H2,1-2H3. The van der Waals surface area contributed by atoms with E-state index in [1.165, 1.54) is 6.21 Å². The lowest BCUT2D eigenvalue weighted by Crippen LogP contribution is -2.53. The van der Waals surface area contributed by atoms with Crippen LogP contribution in [-0.4, -0.2) is 42.7 Å². The van der Waals surface area contributed by atoms with E-state index in [2.05, 4.69) is 4.90 Å². The molecule has 0 bridgehead atoms. The number of hydrogen-bond acceptors (Lipinski definition) is 4. The Kier molecular flexibility index (Phi) is 3.74. The fourth-order valence-electron chi connectivity index (χ4n) is 2.65. The first-order valence-corrected chi connectivity index (χ1v) is 6.45. The van der Waals surface area contributed by atoms with Crippen molar-refractivity contribution in [3.63, 3.8) is 0 Å². The molecular formula is C14H20N4O. The molecule has 5 nitrogen and oxygen atoms in total. The molecule has 2 rings (SSSR count). The molecule has 0 aromatic heterocycles. The second-order valence-corrected chi connectivity index (χ2v) is 4.93. The minimum atomic E-state index is 0.118. The highest BCUT2D eigenvalue weighted by Crippen LogP contribution is 2.26. The van der Waals surface area contributed by atoms with E-state index in [0.29, 0.717) is 12.2 Å². The topological polar surface area (TPSA) is 73.4 Å². The number of nitrogen functional groups attached to an aromatic ring is 1. The number of hydrogen-bond donors (Lipinski definition) is 2. The Hall–Kier alpha value is -2.04. The molecule has 1 saturated heterocycles. The lowest BCUT2D eigenvalue weighted by Gasteiger charge is -2.41. The molecule has 19 heavy (non-hydrogen) atoms. The first-order valence-electron chi connectivity index (χ1n) is 6.45. The summed E-state index contributed by atoms with van der Waals surface area (Å²) in [7, 11) is 0. The quantitative estimate of drug-likeness (QED) is 0.622. The van der Waals surface area contributed by atoms with Gasteiger partial charge in [-0.1, -0.05) is 6.07 Å². The predicted molar refractivity (Wildman–Crippen MR) is 77.8 cm³/mol. The van der Waals surface area contributed by atoms with Crippen LogP contribution in [0.25, 0.3) is 0 Å². The number of anilines is 2. The highest BCUT2D eigenvalue weighted by molar-refractivity contribution is 5.93. The third-order valence-corrected chi connectivity index (χ3v) is 3.63. The van der Waals surface area contributed by atoms with Crippen molar-refractivity contribution in [1.82, 2.24) is 4.90 Å². The van der Waals surface area contributed by atoms with E-state index in [9.17, 15) is 4.79 Å². The first-order chi connectivity index (χ1) is 9.04. The molecule has 1 heterocycles. The number of carbonyl (C=O) groups is 1. The van der Waals surface area contributed by atoms with Gasteiger partial charge in [0.1, 0.15) is 0 Å². The smallest absolute Gasteiger partial charge is 0.219 e. The number of nitrogens with one attached hydrogen (secondary N) is 1. The molecule has 0 spiro atoms. The number of nitrogens with two attached hydrogens (primary N) is 1. The maximum absolute atomic E-state index is 11.5. The average Bonchev–Trinajstić information content (AvgIpc) is 2.37. The summed E-state index contributed by atoms with van der Waals surface area (Å²) < 4.78 is 0. The molecule has 0 aliphatic carbocycles. The molecule has 1 atom stereocenters. The number of rotatable bonds is 2. The molecule has 0 saturated carbocycles. The predicted octanol–water partition coefficient (Wildman–Crippen LogP) is 1.32. The largest absolute Gasteiger partial charge is 0.398 e. The van der Waals surface area contributed by atoms with Crippen LogP contribution >= 0.6 is 0 Å². The summed E-state index contributed by atoms with van der Waals surface area (Å²) in [6.07, 6.45) is 1.30. The van der Waals surface area contributed by atoms with Gasteiger partial charge in [0.15, 0.2) is 0 Å². The van der Waals surface area contributed by atoms with Crippen molar-refractivity contribution in [2.75, 3.05) is 30.3 Å². The molecule has 1 aromatic carbocycles. The van der Waals surface area contributed by atoms with Crippen molar-refractivity contribution in [2.24, 2.45) is 0 Å². The van der Waals surface area contributed by atoms with E-state index in [0.717, 1.165) is 24.3 Å². The van der Waals surface area contributed by atoms with Gasteiger partial charge in [0.05, 0.1) is 0 Å². The van der Waals surface area contributed by atoms with Gasteiger partial charge >= 0.3 is 0 Å². The van der Waals surface area contributed by atoms with Crippen molar-refractivity contribution in [3.8, 4) is 0 Å². The Bertz CT molecular complexity index is 500. The van der Waals surface area contributed by atoms with Gasteiger partial charge in [-0.2, -0.15) is 0 Å². The molecule has 1 fully saturated rings. The van der Waals surface area contributed by atoms with Crippen LogP contribution in [-0.2, 0) is 4.79 Å². The summed E-state index contributed by atoms with van der Waals surface area (Å²) in [6, 6.07) is 5.86. The van der Waals surface area contributed by atoms with Crippen molar-refractivity contribution in [3.05, 3.63) is 23.8 Å². The van der Waals surface area contributed by atoms with Gasteiger partial charge in [-0.3, -0.25) is 4.79 Å². The number of carbonyl (C=O) groups excluding carboxylic acids is 1. The Balaban J connectivity index is 2.23. The number of piperazine rings is 1. The minimum absolute atomic E-state index is 0.118. The van der Waals surface area contributed by atoms with Crippen molar-refractivity contribution in [2.45, 2.75) is 19.9 Å². The monoisotopic (exact) mass is 260 g/mol. The minimum Gasteiger partial charge on any atom is -0.398 e. The molecule has 102 valence electrons. The summed E-state index contributed by atoms with van der Waals surface area (Å²) in [6.45, 7) is 5.90. The molecular weight excluding hydrogens is 240 g/mol. The fourth-order valence-corrected chi connectivity index (χ4v) is 2.65. The van der Waals surface area contributed by atoms with Gasteiger partial charge in [-0.15, -0.1) is 0 Å². The molecule has 1 aromatic rings. The summed E-state index contributed by atoms with van der Waals surface area (Å²) in [5.74, 6) is 0.118. The van der Waals surface area contributed by atoms with Crippen molar-refractivity contribution in [1.29, 1.82) is 5.41 Å². The van der Waals surface area contributed by atoms with E-state index >= 15 is 0 Å². The third-order valence-electron chi connectivity index (χ3n) is 3.63. The summed E-state index contributed by atoms with van der Waals surface area (Å²) >= 11 is 0. The number of benzene rings is 1. The van der Waals surface area contributed by atoms with Crippen LogP contribution in [0.15, 0.2) is 18.2 Å². The summed E-state index contributed by atoms with van der Waals surface area (Å²) in [5.41, 5.74) is 8.26. The Morgan fingerprint density at radius 1 is 1.47 bits per heavy atom. The Labute approximate surface area is 113 Å². The highest BCUT2D eigenvalue weighted by Gasteiger charge is 2.26. The van der Waals surface area contributed by atoms with Gasteiger partial charge < -0.3 is 20.9 Å². The first kappa shape index (κ1) is 13.4. The summed E-state index contributed by atoms with van der Waals surface area (Å²) in [5, 5.41) is 7.51. The fraction of sp³-hybridized carbons (Fsp3) is 0.429. The zero-order valence-corrected chi connectivity index (χ0v) is 11.4. The van der Waals surface area contributed by atoms with Crippen LogP contribution in [0.1, 0.15) is 19.4 Å². The van der Waals surface area contributed by atoms with Gasteiger partial charge in [0.2, 0.25) is 5.91 Å². The van der Waals surface area contributed by atoms with Crippen LogP contribution in [0, 0.1) is 5.41 Å². The third kappa shape index (κ3) is 2.54. The van der Waals surface area contributed by atoms with E-state index < -0.39 is 0 Å². The molecule has 3 N–H and O–H groups in total. The van der Waals surface area contributed by atoms with Crippen LogP contribution in [0.5, 0.6) is 0 Å². The van der Waals surface area contributed by atoms with Crippen molar-refractivity contribution >= 4 is 23.5 Å². The zero-order valence-electron chi connectivity index (χ0n) is 11.4. The number of nitrogens with zero attached hydrogens (tertiary/aromatic N) is 2. The summed E-state index contributed by atoms with van der Waals surface area (Å²) in [4.78, 5) is 15.6. The molecule has 1 aliphatic rings. The zero-order chi connectivity index (χ0) is 14.0. The van der Waals surface area contributed by atoms with Crippen LogP contribution in [0.4, 0.5) is 11.4 Å². The normalized spacial score (nSPS) is 19.4. The van der Waals surface area contributed by atoms with E-state index in [1.807, 2.05) is 24.0 Å². The van der Waals surface area contributed by atoms with Crippen LogP contribution in [0.3, 0.4) is 0 Å². The lowest BCUT2D eigenvalue weighted by atomic mass is 10.1. The maximum atomic E-state index is 11.5. The molecule has 0 radical (unpaired) electrons. The average molecular weight is 260 g/mol. The van der Waals surface area contributed by atoms with Crippen LogP contribution in [0.2, 0.25) is 0 Å². The second-order valence-electron chi connectivity index (χ2n) is 4.93. The molecule has 1 unspecified atom stereocenters. The van der Waals surface area contributed by atoms with Gasteiger partial charge in [-0.05, 0) is 19.1 Å². The lowest BCUT2D eigenvalue weighted by molar-refractivity contribution is -0.131. The SMILES string of the molecule is CC(=O)N1CCN(c2cccc(N)c2C=N)CC1C.